The van der Waals surface area contributed by atoms with Gasteiger partial charge < -0.3 is 9.47 Å². The van der Waals surface area contributed by atoms with Crippen LogP contribution in [0.4, 0.5) is 0 Å². The number of carbonyl (C=O) groups is 1. The molecule has 0 radical (unpaired) electrons. The second-order valence-electron chi connectivity index (χ2n) is 9.36. The van der Waals surface area contributed by atoms with Gasteiger partial charge in [0.15, 0.2) is 6.10 Å². The van der Waals surface area contributed by atoms with Gasteiger partial charge in [-0.25, -0.2) is 4.79 Å². The number of unbranched alkanes of at least 4 members (excludes halogenated alkanes) is 1. The molecule has 1 unspecified atom stereocenters. The fourth-order valence-corrected chi connectivity index (χ4v) is 4.10. The third kappa shape index (κ3) is 5.58. The second kappa shape index (κ2) is 10.3. The molecule has 3 aromatic rings. The van der Waals surface area contributed by atoms with Crippen LogP contribution in [0.2, 0.25) is 0 Å². The predicted octanol–water partition coefficient (Wildman–Crippen LogP) is 7.58. The molecule has 0 saturated carbocycles. The molecule has 0 aliphatic heterocycles. The van der Waals surface area contributed by atoms with Gasteiger partial charge in [-0.2, -0.15) is 0 Å². The van der Waals surface area contributed by atoms with Gasteiger partial charge in [-0.3, -0.25) is 0 Å². The highest BCUT2D eigenvalue weighted by Crippen LogP contribution is 2.39. The van der Waals surface area contributed by atoms with Crippen molar-refractivity contribution >= 4 is 16.7 Å². The van der Waals surface area contributed by atoms with E-state index in [9.17, 15) is 4.79 Å². The average molecular weight is 433 g/mol. The summed E-state index contributed by atoms with van der Waals surface area (Å²) in [6, 6.07) is 19.0. The smallest absolute Gasteiger partial charge is 0.340 e. The molecule has 0 fully saturated rings. The maximum Gasteiger partial charge on any atom is 0.340 e. The van der Waals surface area contributed by atoms with E-state index in [-0.39, 0.29) is 5.97 Å². The van der Waals surface area contributed by atoms with E-state index in [0.29, 0.717) is 6.61 Å². The summed E-state index contributed by atoms with van der Waals surface area (Å²) in [5.41, 5.74) is 5.15. The van der Waals surface area contributed by atoms with Crippen molar-refractivity contribution in [2.45, 2.75) is 72.5 Å². The molecule has 3 rings (SSSR count). The molecule has 3 aromatic carbocycles. The van der Waals surface area contributed by atoms with Crippen LogP contribution in [-0.4, -0.2) is 18.2 Å². The summed E-state index contributed by atoms with van der Waals surface area (Å²) < 4.78 is 11.8. The standard InChI is InChI=1S/C29H36O3/c1-7-9-12-22-19-23(16-15-20(22)3)25-18-17-21-13-10-11-14-24(21)26(25)27(28(30)31-8-2)32-29(4,5)6/h10-11,13-19,27H,7-9,12H2,1-6H3. The van der Waals surface area contributed by atoms with Gasteiger partial charge in [0.2, 0.25) is 0 Å². The van der Waals surface area contributed by atoms with Crippen molar-refractivity contribution in [2.24, 2.45) is 0 Å². The monoisotopic (exact) mass is 432 g/mol. The summed E-state index contributed by atoms with van der Waals surface area (Å²) in [7, 11) is 0. The van der Waals surface area contributed by atoms with Gasteiger partial charge in [0, 0.05) is 5.56 Å². The fourth-order valence-electron chi connectivity index (χ4n) is 4.10. The summed E-state index contributed by atoms with van der Waals surface area (Å²) in [6.07, 6.45) is 2.57. The number of carbonyl (C=O) groups excluding carboxylic acids is 1. The van der Waals surface area contributed by atoms with Crippen molar-refractivity contribution in [3.63, 3.8) is 0 Å². The average Bonchev–Trinajstić information content (AvgIpc) is 2.76. The molecule has 1 atom stereocenters. The molecule has 0 aliphatic rings. The van der Waals surface area contributed by atoms with E-state index in [1.54, 1.807) is 0 Å². The van der Waals surface area contributed by atoms with Gasteiger partial charge in [-0.1, -0.05) is 67.9 Å². The first-order valence-electron chi connectivity index (χ1n) is 11.7. The number of fused-ring (bicyclic) bond motifs is 1. The molecule has 0 saturated heterocycles. The second-order valence-corrected chi connectivity index (χ2v) is 9.36. The van der Waals surface area contributed by atoms with Gasteiger partial charge in [0.25, 0.3) is 0 Å². The zero-order chi connectivity index (χ0) is 23.3. The third-order valence-electron chi connectivity index (χ3n) is 5.66. The summed E-state index contributed by atoms with van der Waals surface area (Å²) in [4.78, 5) is 13.2. The van der Waals surface area contributed by atoms with Crippen LogP contribution in [0.3, 0.4) is 0 Å². The molecule has 0 aliphatic carbocycles. The van der Waals surface area contributed by atoms with Crippen LogP contribution >= 0.6 is 0 Å². The first kappa shape index (κ1) is 24.0. The molecule has 32 heavy (non-hydrogen) atoms. The van der Waals surface area contributed by atoms with Gasteiger partial charge in [-0.05, 0) is 80.5 Å². The van der Waals surface area contributed by atoms with Crippen LogP contribution in [0, 0.1) is 6.92 Å². The zero-order valence-electron chi connectivity index (χ0n) is 20.3. The Balaban J connectivity index is 2.26. The molecular formula is C29H36O3. The normalized spacial score (nSPS) is 12.7. The number of ether oxygens (including phenoxy) is 2. The van der Waals surface area contributed by atoms with E-state index in [0.717, 1.165) is 46.7 Å². The Hall–Kier alpha value is -2.65. The van der Waals surface area contributed by atoms with E-state index < -0.39 is 11.7 Å². The molecule has 0 aromatic heterocycles. The first-order chi connectivity index (χ1) is 15.2. The minimum atomic E-state index is -0.809. The summed E-state index contributed by atoms with van der Waals surface area (Å²) in [6.45, 7) is 12.4. The van der Waals surface area contributed by atoms with E-state index >= 15 is 0 Å². The van der Waals surface area contributed by atoms with Crippen LogP contribution in [0.1, 0.15) is 70.3 Å². The molecule has 3 nitrogen and oxygen atoms in total. The van der Waals surface area contributed by atoms with E-state index in [2.05, 4.69) is 56.3 Å². The number of benzene rings is 3. The van der Waals surface area contributed by atoms with E-state index in [1.165, 1.54) is 11.1 Å². The number of hydrogen-bond acceptors (Lipinski definition) is 3. The lowest BCUT2D eigenvalue weighted by Crippen LogP contribution is -2.29. The predicted molar refractivity (Wildman–Crippen MR) is 133 cm³/mol. The Labute approximate surface area is 192 Å². The van der Waals surface area contributed by atoms with Crippen molar-refractivity contribution in [1.29, 1.82) is 0 Å². The molecule has 170 valence electrons. The lowest BCUT2D eigenvalue weighted by Gasteiger charge is -2.29. The largest absolute Gasteiger partial charge is 0.464 e. The Morgan fingerprint density at radius 3 is 2.44 bits per heavy atom. The Morgan fingerprint density at radius 1 is 1.00 bits per heavy atom. The molecular weight excluding hydrogens is 396 g/mol. The molecule has 0 bridgehead atoms. The van der Waals surface area contributed by atoms with Crippen LogP contribution in [0.25, 0.3) is 21.9 Å². The lowest BCUT2D eigenvalue weighted by molar-refractivity contribution is -0.166. The van der Waals surface area contributed by atoms with Gasteiger partial charge >= 0.3 is 5.97 Å². The molecule has 0 amide bonds. The van der Waals surface area contributed by atoms with Crippen LogP contribution in [0.5, 0.6) is 0 Å². The van der Waals surface area contributed by atoms with Crippen LogP contribution < -0.4 is 0 Å². The summed E-state index contributed by atoms with van der Waals surface area (Å²) >= 11 is 0. The first-order valence-corrected chi connectivity index (χ1v) is 11.7. The maximum atomic E-state index is 13.2. The summed E-state index contributed by atoms with van der Waals surface area (Å²) in [5, 5.41) is 2.10. The number of rotatable bonds is 8. The number of aryl methyl sites for hydroxylation is 2. The Bertz CT molecular complexity index is 1080. The Kier molecular flexibility index (Phi) is 7.73. The molecule has 0 N–H and O–H groups in total. The fraction of sp³-hybridized carbons (Fsp3) is 0.414. The van der Waals surface area contributed by atoms with Crippen molar-refractivity contribution in [2.75, 3.05) is 6.61 Å². The van der Waals surface area contributed by atoms with Gasteiger partial charge in [-0.15, -0.1) is 0 Å². The lowest BCUT2D eigenvalue weighted by atomic mass is 9.88. The van der Waals surface area contributed by atoms with Crippen molar-refractivity contribution in [3.05, 3.63) is 71.3 Å². The zero-order valence-corrected chi connectivity index (χ0v) is 20.3. The highest BCUT2D eigenvalue weighted by atomic mass is 16.6. The summed E-state index contributed by atoms with van der Waals surface area (Å²) in [5.74, 6) is -0.349. The molecule has 0 heterocycles. The van der Waals surface area contributed by atoms with E-state index in [4.69, 9.17) is 9.47 Å². The SMILES string of the molecule is CCCCc1cc(-c2ccc3ccccc3c2C(OC(C)(C)C)C(=O)OCC)ccc1C. The topological polar surface area (TPSA) is 35.5 Å². The Morgan fingerprint density at radius 2 is 1.75 bits per heavy atom. The van der Waals surface area contributed by atoms with Crippen LogP contribution in [-0.2, 0) is 20.7 Å². The minimum absolute atomic E-state index is 0.314. The van der Waals surface area contributed by atoms with Crippen molar-refractivity contribution < 1.29 is 14.3 Å². The highest BCUT2D eigenvalue weighted by Gasteiger charge is 2.32. The number of hydrogen-bond donors (Lipinski definition) is 0. The molecule has 3 heteroatoms. The highest BCUT2D eigenvalue weighted by molar-refractivity contribution is 5.96. The maximum absolute atomic E-state index is 13.2. The van der Waals surface area contributed by atoms with Crippen molar-refractivity contribution in [1.82, 2.24) is 0 Å². The quantitative estimate of drug-likeness (QED) is 0.344. The third-order valence-corrected chi connectivity index (χ3v) is 5.66. The number of esters is 1. The van der Waals surface area contributed by atoms with Crippen molar-refractivity contribution in [3.8, 4) is 11.1 Å². The minimum Gasteiger partial charge on any atom is -0.464 e. The molecule has 0 spiro atoms. The van der Waals surface area contributed by atoms with Gasteiger partial charge in [0.05, 0.1) is 12.2 Å². The van der Waals surface area contributed by atoms with Crippen LogP contribution in [0.15, 0.2) is 54.6 Å². The van der Waals surface area contributed by atoms with E-state index in [1.807, 2.05) is 39.8 Å². The van der Waals surface area contributed by atoms with Gasteiger partial charge in [0.1, 0.15) is 0 Å².